The predicted molar refractivity (Wildman–Crippen MR) is 98.9 cm³/mol. The molecule has 3 aromatic carbocycles. The molecule has 0 saturated heterocycles. The molecule has 0 bridgehead atoms. The summed E-state index contributed by atoms with van der Waals surface area (Å²) in [6.45, 7) is 0.452. The summed E-state index contributed by atoms with van der Waals surface area (Å²) in [6.07, 6.45) is 2.30. The van der Waals surface area contributed by atoms with Gasteiger partial charge >= 0.3 is 0 Å². The lowest BCUT2D eigenvalue weighted by molar-refractivity contribution is -0.116. The van der Waals surface area contributed by atoms with E-state index < -0.39 is 0 Å². The summed E-state index contributed by atoms with van der Waals surface area (Å²) >= 11 is 0. The van der Waals surface area contributed by atoms with Crippen LogP contribution in [0.15, 0.2) is 84.6 Å². The van der Waals surface area contributed by atoms with Crippen molar-refractivity contribution in [3.05, 3.63) is 95.8 Å². The Hall–Kier alpha value is -3.07. The van der Waals surface area contributed by atoms with Gasteiger partial charge in [-0.3, -0.25) is 4.79 Å². The Balaban J connectivity index is 1.50. The van der Waals surface area contributed by atoms with Gasteiger partial charge in [0.25, 0.3) is 0 Å². The summed E-state index contributed by atoms with van der Waals surface area (Å²) in [5.74, 6) is 0.621. The molecule has 0 spiro atoms. The summed E-state index contributed by atoms with van der Waals surface area (Å²) in [5.41, 5.74) is 2.30. The van der Waals surface area contributed by atoms with Crippen molar-refractivity contribution in [3.8, 4) is 0 Å². The van der Waals surface area contributed by atoms with E-state index in [4.69, 9.17) is 4.74 Å². The van der Waals surface area contributed by atoms with Gasteiger partial charge in [0.2, 0.25) is 5.91 Å². The van der Waals surface area contributed by atoms with E-state index in [0.717, 1.165) is 12.0 Å². The molecule has 0 aromatic heterocycles. The number of hydrogen-bond donors (Lipinski definition) is 1. The van der Waals surface area contributed by atoms with Crippen molar-refractivity contribution in [2.24, 2.45) is 0 Å². The monoisotopic (exact) mass is 329 g/mol. The van der Waals surface area contributed by atoms with Crippen LogP contribution < -0.4 is 5.32 Å². The number of carbonyl (C=O) groups is 1. The van der Waals surface area contributed by atoms with Crippen LogP contribution in [0.1, 0.15) is 11.1 Å². The van der Waals surface area contributed by atoms with Gasteiger partial charge in [0.15, 0.2) is 0 Å². The molecule has 25 heavy (non-hydrogen) atoms. The third-order valence-electron chi connectivity index (χ3n) is 4.49. The van der Waals surface area contributed by atoms with Gasteiger partial charge < -0.3 is 10.1 Å². The third-order valence-corrected chi connectivity index (χ3v) is 4.49. The van der Waals surface area contributed by atoms with Crippen molar-refractivity contribution in [3.63, 3.8) is 0 Å². The molecule has 3 nitrogen and oxygen atoms in total. The number of amides is 1. The Morgan fingerprint density at radius 1 is 0.880 bits per heavy atom. The Morgan fingerprint density at radius 3 is 2.52 bits per heavy atom. The minimum Gasteiger partial charge on any atom is -0.491 e. The zero-order valence-corrected chi connectivity index (χ0v) is 13.8. The summed E-state index contributed by atoms with van der Waals surface area (Å²) in [5, 5.41) is 5.35. The van der Waals surface area contributed by atoms with E-state index in [1.165, 1.54) is 16.3 Å². The Kier molecular flexibility index (Phi) is 4.21. The van der Waals surface area contributed by atoms with E-state index in [-0.39, 0.29) is 11.9 Å². The van der Waals surface area contributed by atoms with E-state index in [2.05, 4.69) is 41.7 Å². The van der Waals surface area contributed by atoms with Crippen molar-refractivity contribution in [2.45, 2.75) is 19.1 Å². The van der Waals surface area contributed by atoms with Crippen LogP contribution in [0, 0.1) is 0 Å². The minimum absolute atomic E-state index is 0.0890. The van der Waals surface area contributed by atoms with Gasteiger partial charge in [-0.05, 0) is 28.3 Å². The van der Waals surface area contributed by atoms with Crippen molar-refractivity contribution < 1.29 is 9.53 Å². The van der Waals surface area contributed by atoms with Crippen LogP contribution in [-0.2, 0) is 22.6 Å². The van der Waals surface area contributed by atoms with E-state index in [0.29, 0.717) is 12.4 Å². The van der Waals surface area contributed by atoms with Gasteiger partial charge in [0, 0.05) is 6.08 Å². The Morgan fingerprint density at radius 2 is 1.64 bits per heavy atom. The molecule has 0 unspecified atom stereocenters. The van der Waals surface area contributed by atoms with Crippen molar-refractivity contribution in [2.75, 3.05) is 0 Å². The highest BCUT2D eigenvalue weighted by Crippen LogP contribution is 2.22. The van der Waals surface area contributed by atoms with Crippen LogP contribution in [-0.4, -0.2) is 11.9 Å². The third kappa shape index (κ3) is 3.41. The van der Waals surface area contributed by atoms with Gasteiger partial charge in [-0.1, -0.05) is 72.8 Å². The van der Waals surface area contributed by atoms with Crippen molar-refractivity contribution >= 4 is 16.7 Å². The molecular formula is C22H19NO2. The van der Waals surface area contributed by atoms with Crippen molar-refractivity contribution in [1.82, 2.24) is 5.32 Å². The molecule has 0 aliphatic carbocycles. The zero-order valence-electron chi connectivity index (χ0n) is 13.8. The molecule has 1 atom stereocenters. The number of fused-ring (bicyclic) bond motifs is 1. The number of ether oxygens (including phenoxy) is 1. The topological polar surface area (TPSA) is 38.3 Å². The maximum absolute atomic E-state index is 11.8. The molecule has 3 aromatic rings. The zero-order chi connectivity index (χ0) is 17.1. The van der Waals surface area contributed by atoms with Crippen LogP contribution in [0.4, 0.5) is 0 Å². The first kappa shape index (κ1) is 15.5. The minimum atomic E-state index is -0.107. The standard InChI is InChI=1S/C22H19NO2/c24-22-14-21(20(23-22)13-16-7-2-1-3-8-16)25-15-18-11-6-10-17-9-4-5-12-19(17)18/h1-12,14,20H,13,15H2,(H,23,24)/t20-/m0/s1. The van der Waals surface area contributed by atoms with Gasteiger partial charge in [-0.25, -0.2) is 0 Å². The second-order valence-electron chi connectivity index (χ2n) is 6.22. The fourth-order valence-corrected chi connectivity index (χ4v) is 3.24. The first-order valence-corrected chi connectivity index (χ1v) is 8.45. The van der Waals surface area contributed by atoms with E-state index in [1.807, 2.05) is 36.4 Å². The van der Waals surface area contributed by atoms with Gasteiger partial charge in [-0.2, -0.15) is 0 Å². The largest absolute Gasteiger partial charge is 0.491 e. The normalized spacial score (nSPS) is 16.6. The molecule has 3 heteroatoms. The summed E-state index contributed by atoms with van der Waals surface area (Å²) in [4.78, 5) is 11.8. The predicted octanol–water partition coefficient (Wildman–Crippen LogP) is 3.98. The smallest absolute Gasteiger partial charge is 0.248 e. The first-order chi connectivity index (χ1) is 12.3. The molecule has 1 aliphatic rings. The lowest BCUT2D eigenvalue weighted by Gasteiger charge is -2.17. The lowest BCUT2D eigenvalue weighted by atomic mass is 10.0. The van der Waals surface area contributed by atoms with Gasteiger partial charge in [0.05, 0.1) is 6.04 Å². The van der Waals surface area contributed by atoms with Crippen LogP contribution in [0.25, 0.3) is 10.8 Å². The molecule has 1 amide bonds. The number of benzene rings is 3. The quantitative estimate of drug-likeness (QED) is 0.769. The van der Waals surface area contributed by atoms with Gasteiger partial charge in [-0.15, -0.1) is 0 Å². The number of carbonyl (C=O) groups excluding carboxylic acids is 1. The number of nitrogens with one attached hydrogen (secondary N) is 1. The summed E-state index contributed by atoms with van der Waals surface area (Å²) in [6, 6.07) is 24.5. The van der Waals surface area contributed by atoms with Crippen LogP contribution in [0.3, 0.4) is 0 Å². The highest BCUT2D eigenvalue weighted by Gasteiger charge is 2.25. The molecule has 0 radical (unpaired) electrons. The van der Waals surface area contributed by atoms with Gasteiger partial charge in [0.1, 0.15) is 12.4 Å². The average molecular weight is 329 g/mol. The maximum atomic E-state index is 11.8. The second kappa shape index (κ2) is 6.81. The molecule has 1 heterocycles. The summed E-state index contributed by atoms with van der Waals surface area (Å²) in [7, 11) is 0. The molecular weight excluding hydrogens is 310 g/mol. The van der Waals surface area contributed by atoms with E-state index in [1.54, 1.807) is 6.08 Å². The fraction of sp³-hybridized carbons (Fsp3) is 0.136. The lowest BCUT2D eigenvalue weighted by Crippen LogP contribution is -2.31. The Bertz CT molecular complexity index is 926. The van der Waals surface area contributed by atoms with E-state index >= 15 is 0 Å². The highest BCUT2D eigenvalue weighted by molar-refractivity contribution is 5.91. The van der Waals surface area contributed by atoms with Crippen molar-refractivity contribution in [1.29, 1.82) is 0 Å². The second-order valence-corrected chi connectivity index (χ2v) is 6.22. The molecule has 1 aliphatic heterocycles. The molecule has 124 valence electrons. The highest BCUT2D eigenvalue weighted by atomic mass is 16.5. The van der Waals surface area contributed by atoms with Crippen LogP contribution in [0.2, 0.25) is 0 Å². The Labute approximate surface area is 146 Å². The maximum Gasteiger partial charge on any atom is 0.248 e. The number of rotatable bonds is 5. The van der Waals surface area contributed by atoms with Crippen LogP contribution >= 0.6 is 0 Å². The molecule has 4 rings (SSSR count). The van der Waals surface area contributed by atoms with Crippen LogP contribution in [0.5, 0.6) is 0 Å². The molecule has 1 N–H and O–H groups in total. The number of hydrogen-bond acceptors (Lipinski definition) is 2. The summed E-state index contributed by atoms with van der Waals surface area (Å²) < 4.78 is 6.03. The first-order valence-electron chi connectivity index (χ1n) is 8.45. The fourth-order valence-electron chi connectivity index (χ4n) is 3.24. The molecule has 0 saturated carbocycles. The average Bonchev–Trinajstić information content (AvgIpc) is 3.00. The van der Waals surface area contributed by atoms with E-state index in [9.17, 15) is 4.79 Å². The molecule has 0 fully saturated rings. The SMILES string of the molecule is O=C1C=C(OCc2cccc3ccccc23)[C@H](Cc2ccccc2)N1.